The van der Waals surface area contributed by atoms with Crippen LogP contribution in [0.15, 0.2) is 35.6 Å². The number of sulfone groups is 1. The van der Waals surface area contributed by atoms with Gasteiger partial charge in [0.05, 0.1) is 30.8 Å². The van der Waals surface area contributed by atoms with Gasteiger partial charge in [-0.2, -0.15) is 0 Å². The minimum absolute atomic E-state index is 0.0257. The molecule has 0 fully saturated rings. The molecule has 1 N–H and O–H groups in total. The predicted octanol–water partition coefficient (Wildman–Crippen LogP) is 3.22. The molecule has 1 aromatic heterocycles. The number of nitrogens with one attached hydrogen (secondary N) is 1. The monoisotopic (exact) mass is 468 g/mol. The Hall–Kier alpha value is -2.46. The zero-order valence-corrected chi connectivity index (χ0v) is 20.2. The zero-order chi connectivity index (χ0) is 23.9. The van der Waals surface area contributed by atoms with Gasteiger partial charge in [-0.05, 0) is 37.5 Å². The van der Waals surface area contributed by atoms with Crippen molar-refractivity contribution >= 4 is 15.9 Å². The SMILES string of the molecule is COCCn1c(CN(CC(C)C)C(=O)NC(C)C)cnc1S(=O)(=O)Cc1ccc(F)cc1. The minimum atomic E-state index is -3.81. The normalized spacial score (nSPS) is 11.9. The number of aromatic nitrogens is 2. The molecule has 0 aliphatic rings. The van der Waals surface area contributed by atoms with Crippen LogP contribution in [0.25, 0.3) is 0 Å². The molecule has 0 saturated carbocycles. The highest BCUT2D eigenvalue weighted by molar-refractivity contribution is 7.90. The van der Waals surface area contributed by atoms with Gasteiger partial charge in [-0.15, -0.1) is 0 Å². The summed E-state index contributed by atoms with van der Waals surface area (Å²) in [5, 5.41) is 2.79. The van der Waals surface area contributed by atoms with Gasteiger partial charge >= 0.3 is 6.03 Å². The second-order valence-electron chi connectivity index (χ2n) is 8.44. The molecule has 2 aromatic rings. The van der Waals surface area contributed by atoms with Gasteiger partial charge in [-0.1, -0.05) is 26.0 Å². The van der Waals surface area contributed by atoms with Gasteiger partial charge in [0.15, 0.2) is 0 Å². The van der Waals surface area contributed by atoms with Crippen molar-refractivity contribution in [2.45, 2.75) is 57.7 Å². The fourth-order valence-corrected chi connectivity index (χ4v) is 4.76. The summed E-state index contributed by atoms with van der Waals surface area (Å²) in [4.78, 5) is 18.6. The van der Waals surface area contributed by atoms with E-state index in [9.17, 15) is 17.6 Å². The third-order valence-corrected chi connectivity index (χ3v) is 6.20. The lowest BCUT2D eigenvalue weighted by atomic mass is 10.2. The maximum atomic E-state index is 13.2. The quantitative estimate of drug-likeness (QED) is 0.547. The lowest BCUT2D eigenvalue weighted by Gasteiger charge is -2.26. The van der Waals surface area contributed by atoms with E-state index >= 15 is 0 Å². The Kier molecular flexibility index (Phi) is 9.21. The molecule has 0 aliphatic carbocycles. The number of benzene rings is 1. The molecule has 2 amide bonds. The van der Waals surface area contributed by atoms with Crippen LogP contribution in [0.5, 0.6) is 0 Å². The molecule has 0 aliphatic heterocycles. The van der Waals surface area contributed by atoms with Crippen LogP contribution in [-0.2, 0) is 33.4 Å². The number of methoxy groups -OCH3 is 1. The summed E-state index contributed by atoms with van der Waals surface area (Å²) in [5.41, 5.74) is 1.06. The third kappa shape index (κ3) is 7.30. The Morgan fingerprint density at radius 2 is 1.88 bits per heavy atom. The minimum Gasteiger partial charge on any atom is -0.383 e. The summed E-state index contributed by atoms with van der Waals surface area (Å²) >= 11 is 0. The third-order valence-electron chi connectivity index (χ3n) is 4.61. The van der Waals surface area contributed by atoms with Gasteiger partial charge < -0.3 is 19.5 Å². The van der Waals surface area contributed by atoms with Gasteiger partial charge in [0.2, 0.25) is 15.0 Å². The standard InChI is InChI=1S/C22H33FN4O4S/c1-16(2)13-26(21(28)25-17(3)4)14-20-12-24-22(27(20)10-11-31-5)32(29,30)15-18-6-8-19(23)9-7-18/h6-9,12,16-17H,10-11,13-15H2,1-5H3,(H,25,28). The molecule has 0 spiro atoms. The molecule has 8 nitrogen and oxygen atoms in total. The molecule has 1 heterocycles. The topological polar surface area (TPSA) is 93.5 Å². The van der Waals surface area contributed by atoms with Gasteiger partial charge in [-0.25, -0.2) is 22.6 Å². The highest BCUT2D eigenvalue weighted by atomic mass is 32.2. The highest BCUT2D eigenvalue weighted by Gasteiger charge is 2.26. The number of ether oxygens (including phenoxy) is 1. The van der Waals surface area contributed by atoms with Gasteiger partial charge in [0, 0.05) is 26.2 Å². The Morgan fingerprint density at radius 1 is 1.22 bits per heavy atom. The summed E-state index contributed by atoms with van der Waals surface area (Å²) in [6.07, 6.45) is 1.49. The summed E-state index contributed by atoms with van der Waals surface area (Å²) in [5.74, 6) is -0.509. The lowest BCUT2D eigenvalue weighted by molar-refractivity contribution is 0.175. The summed E-state index contributed by atoms with van der Waals surface area (Å²) in [7, 11) is -2.28. The number of rotatable bonds is 11. The van der Waals surface area contributed by atoms with Crippen LogP contribution < -0.4 is 5.32 Å². The van der Waals surface area contributed by atoms with E-state index in [1.807, 2.05) is 27.7 Å². The van der Waals surface area contributed by atoms with Crippen molar-refractivity contribution in [1.82, 2.24) is 19.8 Å². The number of hydrogen-bond acceptors (Lipinski definition) is 5. The lowest BCUT2D eigenvalue weighted by Crippen LogP contribution is -2.44. The van der Waals surface area contributed by atoms with E-state index in [0.717, 1.165) is 0 Å². The first kappa shape index (κ1) is 25.8. The largest absolute Gasteiger partial charge is 0.383 e. The fourth-order valence-electron chi connectivity index (χ4n) is 3.25. The van der Waals surface area contributed by atoms with Crippen LogP contribution in [0.1, 0.15) is 39.0 Å². The molecule has 1 aromatic carbocycles. The van der Waals surface area contributed by atoms with Crippen molar-refractivity contribution < 1.29 is 22.3 Å². The van der Waals surface area contributed by atoms with Crippen molar-refractivity contribution in [2.75, 3.05) is 20.3 Å². The van der Waals surface area contributed by atoms with E-state index in [0.29, 0.717) is 17.8 Å². The number of hydrogen-bond donors (Lipinski definition) is 1. The first-order valence-electron chi connectivity index (χ1n) is 10.6. The van der Waals surface area contributed by atoms with Crippen LogP contribution >= 0.6 is 0 Å². The molecular weight excluding hydrogens is 435 g/mol. The number of nitrogens with zero attached hydrogens (tertiary/aromatic N) is 3. The van der Waals surface area contributed by atoms with E-state index < -0.39 is 15.7 Å². The summed E-state index contributed by atoms with van der Waals surface area (Å²) in [6.45, 7) is 9.05. The number of halogens is 1. The average molecular weight is 469 g/mol. The van der Waals surface area contributed by atoms with Gasteiger partial charge in [-0.3, -0.25) is 0 Å². The molecule has 0 saturated heterocycles. The molecule has 0 radical (unpaired) electrons. The Labute approximate surface area is 189 Å². The van der Waals surface area contributed by atoms with E-state index in [2.05, 4.69) is 10.3 Å². The molecule has 2 rings (SSSR count). The van der Waals surface area contributed by atoms with Crippen molar-refractivity contribution in [1.29, 1.82) is 0 Å². The highest BCUT2D eigenvalue weighted by Crippen LogP contribution is 2.19. The molecule has 0 bridgehead atoms. The number of amides is 2. The molecule has 10 heteroatoms. The maximum Gasteiger partial charge on any atom is 0.317 e. The van der Waals surface area contributed by atoms with Gasteiger partial charge in [0.25, 0.3) is 0 Å². The Bertz CT molecular complexity index is 988. The van der Waals surface area contributed by atoms with Crippen LogP contribution in [0.3, 0.4) is 0 Å². The first-order valence-corrected chi connectivity index (χ1v) is 12.2. The molecule has 32 heavy (non-hydrogen) atoms. The van der Waals surface area contributed by atoms with Crippen molar-refractivity contribution in [3.05, 3.63) is 47.5 Å². The second kappa shape index (κ2) is 11.4. The van der Waals surface area contributed by atoms with Crippen LogP contribution in [0.4, 0.5) is 9.18 Å². The van der Waals surface area contributed by atoms with Crippen LogP contribution in [-0.4, -0.2) is 55.2 Å². The smallest absolute Gasteiger partial charge is 0.317 e. The van der Waals surface area contributed by atoms with E-state index in [4.69, 9.17) is 4.74 Å². The molecule has 0 unspecified atom stereocenters. The number of imidazole rings is 1. The number of carbonyl (C=O) groups excluding carboxylic acids is 1. The predicted molar refractivity (Wildman–Crippen MR) is 120 cm³/mol. The van der Waals surface area contributed by atoms with Crippen molar-refractivity contribution in [3.8, 4) is 0 Å². The summed E-state index contributed by atoms with van der Waals surface area (Å²) < 4.78 is 46.2. The van der Waals surface area contributed by atoms with Gasteiger partial charge in [0.1, 0.15) is 5.82 Å². The second-order valence-corrected chi connectivity index (χ2v) is 10.3. The molecule has 0 atom stereocenters. The molecule has 178 valence electrons. The first-order chi connectivity index (χ1) is 15.0. The van der Waals surface area contributed by atoms with E-state index in [1.165, 1.54) is 37.6 Å². The van der Waals surface area contributed by atoms with Crippen molar-refractivity contribution in [2.24, 2.45) is 5.92 Å². The molecular formula is C22H33FN4O4S. The average Bonchev–Trinajstić information content (AvgIpc) is 3.10. The van der Waals surface area contributed by atoms with Crippen molar-refractivity contribution in [3.63, 3.8) is 0 Å². The zero-order valence-electron chi connectivity index (χ0n) is 19.3. The van der Waals surface area contributed by atoms with E-state index in [-0.39, 0.29) is 48.6 Å². The number of urea groups is 1. The van der Waals surface area contributed by atoms with E-state index in [1.54, 1.807) is 9.47 Å². The fraction of sp³-hybridized carbons (Fsp3) is 0.545. The maximum absolute atomic E-state index is 13.2. The van der Waals surface area contributed by atoms with Crippen LogP contribution in [0.2, 0.25) is 0 Å². The Morgan fingerprint density at radius 3 is 2.44 bits per heavy atom. The summed E-state index contributed by atoms with van der Waals surface area (Å²) in [6, 6.07) is 5.09. The Balaban J connectivity index is 2.37. The number of carbonyl (C=O) groups is 1. The van der Waals surface area contributed by atoms with Crippen LogP contribution in [0, 0.1) is 11.7 Å².